The first-order valence-electron chi connectivity index (χ1n) is 6.65. The third-order valence-electron chi connectivity index (χ3n) is 3.53. The Labute approximate surface area is 141 Å². The summed E-state index contributed by atoms with van der Waals surface area (Å²) in [6.45, 7) is 0. The summed E-state index contributed by atoms with van der Waals surface area (Å²) in [5, 5.41) is 5.35. The second kappa shape index (κ2) is 5.79. The second-order valence-corrected chi connectivity index (χ2v) is 5.51. The summed E-state index contributed by atoms with van der Waals surface area (Å²) >= 11 is 12.7. The highest BCUT2D eigenvalue weighted by Gasteiger charge is 2.24. The van der Waals surface area contributed by atoms with Crippen LogP contribution in [-0.2, 0) is 7.05 Å². The van der Waals surface area contributed by atoms with Crippen molar-refractivity contribution < 1.29 is 9.47 Å². The molecule has 0 spiro atoms. The largest absolute Gasteiger partial charge is 0.490 e. The van der Waals surface area contributed by atoms with Gasteiger partial charge in [0.25, 0.3) is 11.4 Å². The van der Waals surface area contributed by atoms with Gasteiger partial charge in [-0.2, -0.15) is 0 Å². The zero-order valence-corrected chi connectivity index (χ0v) is 14.1. The van der Waals surface area contributed by atoms with E-state index >= 15 is 0 Å². The number of hydrogen-bond acceptors (Lipinski definition) is 4. The molecule has 1 aromatic carbocycles. The standard InChI is InChI=1S/C15H13Cl2N3O3/c1-19-15(21)11(12(22-2)14(18-19)23-3)20-9-7-5-4-6-8(9)10(16)13(20)17/h4-7H,1-3H3. The molecule has 3 aromatic rings. The molecule has 0 aliphatic carbocycles. The van der Waals surface area contributed by atoms with Gasteiger partial charge >= 0.3 is 0 Å². The Kier molecular flexibility index (Phi) is 3.95. The number of benzene rings is 1. The number of rotatable bonds is 3. The van der Waals surface area contributed by atoms with Crippen LogP contribution in [0.1, 0.15) is 0 Å². The maximum atomic E-state index is 12.7. The third kappa shape index (κ3) is 2.26. The molecule has 0 unspecified atom stereocenters. The lowest BCUT2D eigenvalue weighted by molar-refractivity contribution is 0.329. The highest BCUT2D eigenvalue weighted by atomic mass is 35.5. The molecule has 0 aliphatic heterocycles. The quantitative estimate of drug-likeness (QED) is 0.726. The van der Waals surface area contributed by atoms with E-state index in [0.717, 1.165) is 10.1 Å². The van der Waals surface area contributed by atoms with Crippen LogP contribution < -0.4 is 15.0 Å². The highest BCUT2D eigenvalue weighted by Crippen LogP contribution is 2.39. The molecule has 0 saturated carbocycles. The van der Waals surface area contributed by atoms with Crippen molar-refractivity contribution in [2.24, 2.45) is 7.05 Å². The molecule has 3 rings (SSSR count). The van der Waals surface area contributed by atoms with Gasteiger partial charge in [0.15, 0.2) is 5.69 Å². The van der Waals surface area contributed by atoms with E-state index in [0.29, 0.717) is 10.5 Å². The zero-order valence-electron chi connectivity index (χ0n) is 12.6. The van der Waals surface area contributed by atoms with Crippen LogP contribution in [0.15, 0.2) is 29.1 Å². The van der Waals surface area contributed by atoms with Crippen LogP contribution in [0.4, 0.5) is 0 Å². The molecule has 0 radical (unpaired) electrons. The van der Waals surface area contributed by atoms with Crippen LogP contribution in [-0.4, -0.2) is 28.6 Å². The Balaban J connectivity index is 2.52. The van der Waals surface area contributed by atoms with Gasteiger partial charge in [-0.3, -0.25) is 9.36 Å². The highest BCUT2D eigenvalue weighted by molar-refractivity contribution is 6.45. The summed E-state index contributed by atoms with van der Waals surface area (Å²) in [7, 11) is 4.40. The maximum Gasteiger partial charge on any atom is 0.294 e. The van der Waals surface area contributed by atoms with E-state index in [1.165, 1.54) is 21.3 Å². The van der Waals surface area contributed by atoms with Crippen molar-refractivity contribution in [1.82, 2.24) is 14.3 Å². The summed E-state index contributed by atoms with van der Waals surface area (Å²) in [5.41, 5.74) is 0.489. The molecule has 0 bridgehead atoms. The second-order valence-electron chi connectivity index (χ2n) is 4.78. The average molecular weight is 354 g/mol. The van der Waals surface area contributed by atoms with E-state index in [4.69, 9.17) is 32.7 Å². The van der Waals surface area contributed by atoms with Gasteiger partial charge in [0, 0.05) is 12.4 Å². The van der Waals surface area contributed by atoms with Gasteiger partial charge in [-0.1, -0.05) is 41.4 Å². The van der Waals surface area contributed by atoms with E-state index in [1.54, 1.807) is 4.57 Å². The molecule has 0 saturated heterocycles. The number of methoxy groups -OCH3 is 2. The summed E-state index contributed by atoms with van der Waals surface area (Å²) in [5.74, 6) is 0.365. The molecule has 0 atom stereocenters. The van der Waals surface area contributed by atoms with Crippen LogP contribution in [0.3, 0.4) is 0 Å². The van der Waals surface area contributed by atoms with Gasteiger partial charge in [-0.05, 0) is 6.07 Å². The van der Waals surface area contributed by atoms with E-state index in [9.17, 15) is 4.79 Å². The molecular formula is C15H13Cl2N3O3. The summed E-state index contributed by atoms with van der Waals surface area (Å²) in [4.78, 5) is 12.7. The Bertz CT molecular complexity index is 963. The number of hydrogen-bond donors (Lipinski definition) is 0. The maximum absolute atomic E-state index is 12.7. The number of fused-ring (bicyclic) bond motifs is 1. The summed E-state index contributed by atoms with van der Waals surface area (Å²) in [6, 6.07) is 7.33. The fraction of sp³-hybridized carbons (Fsp3) is 0.200. The smallest absolute Gasteiger partial charge is 0.294 e. The molecule has 0 amide bonds. The Hall–Kier alpha value is -2.18. The van der Waals surface area contributed by atoms with Crippen molar-refractivity contribution in [3.63, 3.8) is 0 Å². The molecule has 0 fully saturated rings. The van der Waals surface area contributed by atoms with E-state index in [-0.39, 0.29) is 28.0 Å². The number of aryl methyl sites for hydroxylation is 1. The molecule has 8 heteroatoms. The first-order valence-corrected chi connectivity index (χ1v) is 7.41. The minimum atomic E-state index is -0.387. The van der Waals surface area contributed by atoms with Gasteiger partial charge < -0.3 is 9.47 Å². The number of nitrogens with zero attached hydrogens (tertiary/aromatic N) is 3. The molecule has 2 aromatic heterocycles. The Morgan fingerprint density at radius 3 is 2.48 bits per heavy atom. The monoisotopic (exact) mass is 353 g/mol. The molecule has 0 N–H and O–H groups in total. The Morgan fingerprint density at radius 1 is 1.13 bits per heavy atom. The fourth-order valence-corrected chi connectivity index (χ4v) is 3.00. The van der Waals surface area contributed by atoms with Crippen molar-refractivity contribution in [3.05, 3.63) is 44.8 Å². The molecular weight excluding hydrogens is 341 g/mol. The van der Waals surface area contributed by atoms with Crippen LogP contribution in [0.2, 0.25) is 10.2 Å². The van der Waals surface area contributed by atoms with Crippen LogP contribution >= 0.6 is 23.2 Å². The van der Waals surface area contributed by atoms with Gasteiger partial charge in [-0.25, -0.2) is 4.68 Å². The minimum absolute atomic E-state index is 0.176. The molecule has 23 heavy (non-hydrogen) atoms. The molecule has 6 nitrogen and oxygen atoms in total. The number of ether oxygens (including phenoxy) is 2. The van der Waals surface area contributed by atoms with Gasteiger partial charge in [0.1, 0.15) is 5.15 Å². The normalized spacial score (nSPS) is 11.0. The van der Waals surface area contributed by atoms with Crippen molar-refractivity contribution in [2.45, 2.75) is 0 Å². The number of aromatic nitrogens is 3. The van der Waals surface area contributed by atoms with Crippen molar-refractivity contribution in [2.75, 3.05) is 14.2 Å². The van der Waals surface area contributed by atoms with E-state index < -0.39 is 0 Å². The van der Waals surface area contributed by atoms with Gasteiger partial charge in [0.2, 0.25) is 5.75 Å². The lowest BCUT2D eigenvalue weighted by Crippen LogP contribution is -2.26. The lowest BCUT2D eigenvalue weighted by Gasteiger charge is -2.15. The van der Waals surface area contributed by atoms with E-state index in [2.05, 4.69) is 5.10 Å². The number of halogens is 2. The first-order chi connectivity index (χ1) is 11.0. The summed E-state index contributed by atoms with van der Waals surface area (Å²) in [6.07, 6.45) is 0. The Morgan fingerprint density at radius 2 is 1.83 bits per heavy atom. The number of para-hydroxylation sites is 1. The molecule has 0 aliphatic rings. The van der Waals surface area contributed by atoms with Crippen molar-refractivity contribution in [3.8, 4) is 17.3 Å². The zero-order chi connectivity index (χ0) is 16.7. The topological polar surface area (TPSA) is 58.3 Å². The fourth-order valence-electron chi connectivity index (χ4n) is 2.48. The van der Waals surface area contributed by atoms with Gasteiger partial charge in [-0.15, -0.1) is 5.10 Å². The predicted molar refractivity (Wildman–Crippen MR) is 89.4 cm³/mol. The lowest BCUT2D eigenvalue weighted by atomic mass is 10.2. The van der Waals surface area contributed by atoms with E-state index in [1.807, 2.05) is 24.3 Å². The van der Waals surface area contributed by atoms with Crippen LogP contribution in [0.5, 0.6) is 11.6 Å². The molecule has 120 valence electrons. The van der Waals surface area contributed by atoms with Crippen molar-refractivity contribution in [1.29, 1.82) is 0 Å². The van der Waals surface area contributed by atoms with Crippen LogP contribution in [0, 0.1) is 0 Å². The molecule has 2 heterocycles. The minimum Gasteiger partial charge on any atom is -0.490 e. The van der Waals surface area contributed by atoms with Gasteiger partial charge in [0.05, 0.1) is 24.8 Å². The first kappa shape index (κ1) is 15.7. The van der Waals surface area contributed by atoms with Crippen LogP contribution in [0.25, 0.3) is 16.6 Å². The summed E-state index contributed by atoms with van der Waals surface area (Å²) < 4.78 is 13.3. The predicted octanol–water partition coefficient (Wildman–Crippen LogP) is 3.05. The third-order valence-corrected chi connectivity index (χ3v) is 4.36. The SMILES string of the molecule is COc1nn(C)c(=O)c(-n2c(Cl)c(Cl)c3ccccc32)c1OC. The van der Waals surface area contributed by atoms with Crippen molar-refractivity contribution >= 4 is 34.1 Å². The average Bonchev–Trinajstić information content (AvgIpc) is 2.81.